The van der Waals surface area contributed by atoms with Gasteiger partial charge in [0, 0.05) is 23.8 Å². The molecule has 7 unspecified atom stereocenters. The zero-order valence-corrected chi connectivity index (χ0v) is 11.6. The van der Waals surface area contributed by atoms with E-state index in [1.807, 2.05) is 6.92 Å². The van der Waals surface area contributed by atoms with Crippen molar-refractivity contribution in [3.05, 3.63) is 23.8 Å². The number of carbonyl (C=O) groups excluding carboxylic acids is 1. The number of fused-ring (bicyclic) bond motifs is 2. The second-order valence-electron chi connectivity index (χ2n) is 6.50. The highest BCUT2D eigenvalue weighted by Gasteiger charge is 2.58. The van der Waals surface area contributed by atoms with Crippen molar-refractivity contribution in [2.24, 2.45) is 17.8 Å². The van der Waals surface area contributed by atoms with Crippen molar-refractivity contribution in [2.45, 2.75) is 44.2 Å². The van der Waals surface area contributed by atoms with Crippen molar-refractivity contribution in [2.75, 3.05) is 0 Å². The quantitative estimate of drug-likeness (QED) is 0.334. The summed E-state index contributed by atoms with van der Waals surface area (Å²) in [5, 5.41) is 31.4. The molecule has 0 radical (unpaired) electrons. The number of rotatable bonds is 0. The maximum Gasteiger partial charge on any atom is 0.334 e. The van der Waals surface area contributed by atoms with Crippen LogP contribution in [0.3, 0.4) is 0 Å². The molecule has 2 aliphatic carbocycles. The Morgan fingerprint density at radius 2 is 2.05 bits per heavy atom. The van der Waals surface area contributed by atoms with Crippen LogP contribution in [0.25, 0.3) is 0 Å². The molecule has 1 aliphatic heterocycles. The molecule has 5 heteroatoms. The maximum absolute atomic E-state index is 11.6. The Kier molecular flexibility index (Phi) is 2.87. The minimum Gasteiger partial charge on any atom is -0.454 e. The lowest BCUT2D eigenvalue weighted by molar-refractivity contribution is -0.137. The summed E-state index contributed by atoms with van der Waals surface area (Å²) in [4.78, 5) is 11.6. The van der Waals surface area contributed by atoms with Gasteiger partial charge in [-0.25, -0.2) is 4.79 Å². The van der Waals surface area contributed by atoms with E-state index < -0.39 is 41.7 Å². The normalized spacial score (nSPS) is 51.1. The van der Waals surface area contributed by atoms with Crippen LogP contribution in [0.5, 0.6) is 0 Å². The van der Waals surface area contributed by atoms with Crippen LogP contribution < -0.4 is 0 Å². The van der Waals surface area contributed by atoms with Crippen molar-refractivity contribution in [1.29, 1.82) is 0 Å². The minimum atomic E-state index is -1.18. The Hall–Kier alpha value is -1.17. The summed E-state index contributed by atoms with van der Waals surface area (Å²) in [6, 6.07) is 0. The van der Waals surface area contributed by atoms with Gasteiger partial charge in [0.05, 0.1) is 23.7 Å². The summed E-state index contributed by atoms with van der Waals surface area (Å²) < 4.78 is 5.23. The van der Waals surface area contributed by atoms with Crippen LogP contribution in [0.2, 0.25) is 0 Å². The first-order chi connectivity index (χ1) is 9.24. The van der Waals surface area contributed by atoms with Crippen molar-refractivity contribution < 1.29 is 24.9 Å². The molecule has 20 heavy (non-hydrogen) atoms. The zero-order chi connectivity index (χ0) is 14.8. The van der Waals surface area contributed by atoms with E-state index in [0.717, 1.165) is 5.57 Å². The lowest BCUT2D eigenvalue weighted by Crippen LogP contribution is -2.45. The van der Waals surface area contributed by atoms with E-state index in [0.29, 0.717) is 0 Å². The highest BCUT2D eigenvalue weighted by atomic mass is 16.6. The highest BCUT2D eigenvalue weighted by molar-refractivity contribution is 5.91. The number of hydrogen-bond acceptors (Lipinski definition) is 5. The van der Waals surface area contributed by atoms with Gasteiger partial charge in [-0.05, 0) is 19.9 Å². The Balaban J connectivity index is 2.09. The molecular weight excluding hydrogens is 260 g/mol. The topological polar surface area (TPSA) is 87.0 Å². The molecule has 3 N–H and O–H groups in total. The SMILES string of the molecule is C=C1C(=O)OC2C=C(C)C3C(O)CC(C)(O)C3C(O)C12. The third kappa shape index (κ3) is 1.70. The average molecular weight is 280 g/mol. The van der Waals surface area contributed by atoms with Crippen LogP contribution in [0.4, 0.5) is 0 Å². The lowest BCUT2D eigenvalue weighted by Gasteiger charge is -2.35. The second-order valence-corrected chi connectivity index (χ2v) is 6.50. The largest absolute Gasteiger partial charge is 0.454 e. The highest BCUT2D eigenvalue weighted by Crippen LogP contribution is 2.51. The van der Waals surface area contributed by atoms with Gasteiger partial charge in [0.15, 0.2) is 0 Å². The summed E-state index contributed by atoms with van der Waals surface area (Å²) in [6.45, 7) is 7.17. The molecule has 2 fully saturated rings. The van der Waals surface area contributed by atoms with E-state index in [9.17, 15) is 20.1 Å². The first kappa shape index (κ1) is 13.8. The first-order valence-corrected chi connectivity index (χ1v) is 6.90. The predicted octanol–water partition coefficient (Wildman–Crippen LogP) is 0.153. The summed E-state index contributed by atoms with van der Waals surface area (Å²) in [7, 11) is 0. The molecular formula is C15H20O5. The van der Waals surface area contributed by atoms with Gasteiger partial charge in [-0.15, -0.1) is 0 Å². The van der Waals surface area contributed by atoms with E-state index in [-0.39, 0.29) is 17.9 Å². The van der Waals surface area contributed by atoms with E-state index in [2.05, 4.69) is 6.58 Å². The van der Waals surface area contributed by atoms with Gasteiger partial charge in [0.2, 0.25) is 0 Å². The number of hydrogen-bond donors (Lipinski definition) is 3. The van der Waals surface area contributed by atoms with Crippen LogP contribution in [0, 0.1) is 17.8 Å². The number of aliphatic hydroxyl groups excluding tert-OH is 2. The molecule has 0 aromatic heterocycles. The number of esters is 1. The molecule has 5 nitrogen and oxygen atoms in total. The van der Waals surface area contributed by atoms with Gasteiger partial charge in [-0.3, -0.25) is 0 Å². The Labute approximate surface area is 117 Å². The van der Waals surface area contributed by atoms with Crippen molar-refractivity contribution >= 4 is 5.97 Å². The standard InChI is InChI=1S/C15H20O5/c1-6-4-9-11(7(2)14(18)20-9)13(17)12-10(6)8(16)5-15(12,3)19/h4,8-13,16-17,19H,2,5H2,1,3H3. The summed E-state index contributed by atoms with van der Waals surface area (Å²) >= 11 is 0. The fourth-order valence-electron chi connectivity index (χ4n) is 4.22. The van der Waals surface area contributed by atoms with Gasteiger partial charge in [-0.2, -0.15) is 0 Å². The van der Waals surface area contributed by atoms with Crippen LogP contribution in [0.15, 0.2) is 23.8 Å². The fourth-order valence-corrected chi connectivity index (χ4v) is 4.22. The fraction of sp³-hybridized carbons (Fsp3) is 0.667. The Bertz CT molecular complexity index is 506. The molecule has 3 rings (SSSR count). The maximum atomic E-state index is 11.6. The Morgan fingerprint density at radius 3 is 2.70 bits per heavy atom. The molecule has 0 amide bonds. The van der Waals surface area contributed by atoms with Gasteiger partial charge in [0.1, 0.15) is 6.10 Å². The first-order valence-electron chi connectivity index (χ1n) is 6.90. The van der Waals surface area contributed by atoms with Gasteiger partial charge < -0.3 is 20.1 Å². The third-order valence-corrected chi connectivity index (χ3v) is 5.09. The minimum absolute atomic E-state index is 0.212. The molecule has 0 bridgehead atoms. The molecule has 0 aromatic carbocycles. The van der Waals surface area contributed by atoms with Crippen LogP contribution in [-0.4, -0.2) is 45.2 Å². The molecule has 1 heterocycles. The molecule has 3 aliphatic rings. The van der Waals surface area contributed by atoms with E-state index in [1.54, 1.807) is 13.0 Å². The van der Waals surface area contributed by atoms with Crippen molar-refractivity contribution in [3.8, 4) is 0 Å². The van der Waals surface area contributed by atoms with Crippen molar-refractivity contribution in [3.63, 3.8) is 0 Å². The summed E-state index contributed by atoms with van der Waals surface area (Å²) in [5.41, 5.74) is -0.0990. The summed E-state index contributed by atoms with van der Waals surface area (Å²) in [5.74, 6) is -1.91. The van der Waals surface area contributed by atoms with E-state index in [4.69, 9.17) is 4.74 Å². The third-order valence-electron chi connectivity index (χ3n) is 5.09. The molecule has 110 valence electrons. The second kappa shape index (κ2) is 4.16. The molecule has 0 spiro atoms. The average Bonchev–Trinajstić information content (AvgIpc) is 2.67. The van der Waals surface area contributed by atoms with E-state index in [1.165, 1.54) is 0 Å². The summed E-state index contributed by atoms with van der Waals surface area (Å²) in [6.07, 6.45) is -0.241. The van der Waals surface area contributed by atoms with Gasteiger partial charge in [0.25, 0.3) is 0 Å². The van der Waals surface area contributed by atoms with Gasteiger partial charge in [-0.1, -0.05) is 12.2 Å². The lowest BCUT2D eigenvalue weighted by atomic mass is 9.75. The smallest absolute Gasteiger partial charge is 0.334 e. The number of ether oxygens (including phenoxy) is 1. The van der Waals surface area contributed by atoms with Gasteiger partial charge >= 0.3 is 5.97 Å². The Morgan fingerprint density at radius 1 is 1.40 bits per heavy atom. The number of carbonyl (C=O) groups is 1. The molecule has 1 saturated heterocycles. The molecule has 1 saturated carbocycles. The predicted molar refractivity (Wildman–Crippen MR) is 70.5 cm³/mol. The van der Waals surface area contributed by atoms with Crippen LogP contribution in [0.1, 0.15) is 20.3 Å². The molecule has 7 atom stereocenters. The van der Waals surface area contributed by atoms with Crippen molar-refractivity contribution in [1.82, 2.24) is 0 Å². The monoisotopic (exact) mass is 280 g/mol. The van der Waals surface area contributed by atoms with Crippen LogP contribution in [-0.2, 0) is 9.53 Å². The number of aliphatic hydroxyl groups is 3. The van der Waals surface area contributed by atoms with Crippen LogP contribution >= 0.6 is 0 Å². The van der Waals surface area contributed by atoms with E-state index >= 15 is 0 Å². The zero-order valence-electron chi connectivity index (χ0n) is 11.6. The molecule has 0 aromatic rings.